The molecule has 3 aromatic carbocycles. The molecule has 5 aromatic heterocycles. The van der Waals surface area contributed by atoms with Crippen LogP contribution in [0.2, 0.25) is 0 Å². The average molecular weight is 464 g/mol. The summed E-state index contributed by atoms with van der Waals surface area (Å²) < 4.78 is 2.13. The average Bonchev–Trinajstić information content (AvgIpc) is 3.47. The summed E-state index contributed by atoms with van der Waals surface area (Å²) in [6.45, 7) is 4.38. The van der Waals surface area contributed by atoms with Crippen LogP contribution in [0, 0.1) is 13.8 Å². The van der Waals surface area contributed by atoms with Gasteiger partial charge in [0, 0.05) is 44.8 Å². The minimum Gasteiger partial charge on any atom is -0.354 e. The second kappa shape index (κ2) is 6.89. The minimum absolute atomic E-state index is 0.850. The van der Waals surface area contributed by atoms with E-state index >= 15 is 0 Å². The van der Waals surface area contributed by atoms with E-state index in [1.54, 1.807) is 0 Å². The van der Waals surface area contributed by atoms with Gasteiger partial charge >= 0.3 is 0 Å². The maximum atomic E-state index is 4.99. The van der Waals surface area contributed by atoms with Crippen molar-refractivity contribution in [2.45, 2.75) is 13.8 Å². The molecule has 0 saturated carbocycles. The molecule has 0 radical (unpaired) electrons. The largest absolute Gasteiger partial charge is 0.354 e. The highest BCUT2D eigenvalue weighted by molar-refractivity contribution is 6.27. The molecule has 170 valence electrons. The molecule has 5 heteroatoms. The standard InChI is InChI=1S/C31H21N5/c1-17-6-3-4-7-19(17)23-15-26-24(14-18(23)2)20-9-10-22-28(29(20)34-26)21-11-13-32-16-27(21)36-30(22)35-25-8-5-12-33-31(25)36/h3-16,34H,1-2H3. The van der Waals surface area contributed by atoms with Crippen molar-refractivity contribution in [3.63, 3.8) is 0 Å². The van der Waals surface area contributed by atoms with E-state index in [-0.39, 0.29) is 0 Å². The van der Waals surface area contributed by atoms with Gasteiger partial charge in [-0.25, -0.2) is 9.97 Å². The monoisotopic (exact) mass is 463 g/mol. The summed E-state index contributed by atoms with van der Waals surface area (Å²) in [5.74, 6) is 0. The summed E-state index contributed by atoms with van der Waals surface area (Å²) in [6.07, 6.45) is 5.60. The van der Waals surface area contributed by atoms with Gasteiger partial charge < -0.3 is 4.98 Å². The van der Waals surface area contributed by atoms with Crippen LogP contribution < -0.4 is 0 Å². The highest BCUT2D eigenvalue weighted by atomic mass is 15.1. The number of rotatable bonds is 1. The van der Waals surface area contributed by atoms with Gasteiger partial charge in [0.05, 0.1) is 17.2 Å². The maximum absolute atomic E-state index is 4.99. The molecule has 36 heavy (non-hydrogen) atoms. The molecule has 0 amide bonds. The molecule has 1 N–H and O–H groups in total. The van der Waals surface area contributed by atoms with Gasteiger partial charge in [-0.15, -0.1) is 0 Å². The van der Waals surface area contributed by atoms with Gasteiger partial charge in [-0.2, -0.15) is 0 Å². The summed E-state index contributed by atoms with van der Waals surface area (Å²) >= 11 is 0. The highest BCUT2D eigenvalue weighted by Crippen LogP contribution is 2.40. The fourth-order valence-electron chi connectivity index (χ4n) is 5.85. The van der Waals surface area contributed by atoms with Crippen molar-refractivity contribution in [2.24, 2.45) is 0 Å². The van der Waals surface area contributed by atoms with Crippen LogP contribution in [0.1, 0.15) is 11.1 Å². The Balaban J connectivity index is 1.55. The van der Waals surface area contributed by atoms with E-state index in [0.717, 1.165) is 44.1 Å². The van der Waals surface area contributed by atoms with Crippen LogP contribution in [0.25, 0.3) is 71.4 Å². The smallest absolute Gasteiger partial charge is 0.165 e. The second-order valence-electron chi connectivity index (χ2n) is 9.57. The predicted molar refractivity (Wildman–Crippen MR) is 148 cm³/mol. The second-order valence-corrected chi connectivity index (χ2v) is 9.57. The lowest BCUT2D eigenvalue weighted by atomic mass is 9.95. The lowest BCUT2D eigenvalue weighted by Gasteiger charge is -2.10. The van der Waals surface area contributed by atoms with E-state index in [0.29, 0.717) is 0 Å². The Labute approximate surface area is 206 Å². The van der Waals surface area contributed by atoms with Crippen molar-refractivity contribution in [1.29, 1.82) is 0 Å². The van der Waals surface area contributed by atoms with Crippen molar-refractivity contribution in [1.82, 2.24) is 24.3 Å². The Morgan fingerprint density at radius 2 is 1.61 bits per heavy atom. The van der Waals surface area contributed by atoms with Crippen LogP contribution in [0.15, 0.2) is 85.3 Å². The quantitative estimate of drug-likeness (QED) is 0.256. The van der Waals surface area contributed by atoms with Gasteiger partial charge in [0.1, 0.15) is 11.2 Å². The number of nitrogens with zero attached hydrogens (tertiary/aromatic N) is 4. The van der Waals surface area contributed by atoms with E-state index in [1.165, 1.54) is 38.4 Å². The van der Waals surface area contributed by atoms with Gasteiger partial charge in [0.15, 0.2) is 5.65 Å². The van der Waals surface area contributed by atoms with E-state index in [1.807, 2.05) is 30.7 Å². The first kappa shape index (κ1) is 19.5. The normalized spacial score (nSPS) is 12.2. The lowest BCUT2D eigenvalue weighted by molar-refractivity contribution is 1.23. The van der Waals surface area contributed by atoms with E-state index in [4.69, 9.17) is 4.98 Å². The maximum Gasteiger partial charge on any atom is 0.165 e. The predicted octanol–water partition coefficient (Wildman–Crippen LogP) is 7.50. The zero-order valence-electron chi connectivity index (χ0n) is 19.9. The molecule has 0 saturated heterocycles. The summed E-state index contributed by atoms with van der Waals surface area (Å²) in [7, 11) is 0. The molecule has 5 nitrogen and oxygen atoms in total. The van der Waals surface area contributed by atoms with Crippen molar-refractivity contribution < 1.29 is 0 Å². The molecule has 8 aromatic rings. The highest BCUT2D eigenvalue weighted by Gasteiger charge is 2.18. The van der Waals surface area contributed by atoms with E-state index in [9.17, 15) is 0 Å². The van der Waals surface area contributed by atoms with E-state index < -0.39 is 0 Å². The molecular weight excluding hydrogens is 442 g/mol. The third kappa shape index (κ3) is 2.46. The van der Waals surface area contributed by atoms with Crippen LogP contribution in [0.5, 0.6) is 0 Å². The molecule has 0 aliphatic heterocycles. The number of aromatic nitrogens is 5. The first-order chi connectivity index (χ1) is 17.7. The molecule has 0 spiro atoms. The number of hydrogen-bond acceptors (Lipinski definition) is 3. The fraction of sp³-hybridized carbons (Fsp3) is 0.0645. The van der Waals surface area contributed by atoms with Crippen LogP contribution in [0.4, 0.5) is 0 Å². The van der Waals surface area contributed by atoms with Crippen LogP contribution >= 0.6 is 0 Å². The Kier molecular flexibility index (Phi) is 3.74. The molecule has 5 heterocycles. The zero-order valence-corrected chi connectivity index (χ0v) is 19.9. The third-order valence-electron chi connectivity index (χ3n) is 7.52. The number of aromatic amines is 1. The molecule has 0 aliphatic carbocycles. The number of benzene rings is 3. The van der Waals surface area contributed by atoms with Crippen molar-refractivity contribution >= 4 is 60.3 Å². The van der Waals surface area contributed by atoms with Gasteiger partial charge in [-0.05, 0) is 72.5 Å². The molecule has 8 rings (SSSR count). The SMILES string of the molecule is Cc1ccccc1-c1cc2[nH]c3c(ccc4c3c3ccncc3n3c5ncccc5nc43)c2cc1C. The lowest BCUT2D eigenvalue weighted by Crippen LogP contribution is -1.93. The van der Waals surface area contributed by atoms with Gasteiger partial charge in [-0.3, -0.25) is 9.38 Å². The Morgan fingerprint density at radius 1 is 0.722 bits per heavy atom. The molecule has 0 atom stereocenters. The van der Waals surface area contributed by atoms with Crippen LogP contribution in [0.3, 0.4) is 0 Å². The molecule has 0 fully saturated rings. The zero-order chi connectivity index (χ0) is 24.0. The summed E-state index contributed by atoms with van der Waals surface area (Å²) in [6, 6.07) is 23.7. The topological polar surface area (TPSA) is 58.9 Å². The number of H-pyrrole nitrogens is 1. The van der Waals surface area contributed by atoms with Crippen molar-refractivity contribution in [2.75, 3.05) is 0 Å². The fourth-order valence-corrected chi connectivity index (χ4v) is 5.85. The minimum atomic E-state index is 0.850. The van der Waals surface area contributed by atoms with E-state index in [2.05, 4.69) is 87.8 Å². The number of nitrogens with one attached hydrogen (secondary N) is 1. The van der Waals surface area contributed by atoms with Crippen LogP contribution in [-0.2, 0) is 0 Å². The Hall–Kier alpha value is -4.77. The first-order valence-corrected chi connectivity index (χ1v) is 12.1. The van der Waals surface area contributed by atoms with Crippen molar-refractivity contribution in [3.05, 3.63) is 96.4 Å². The number of hydrogen-bond donors (Lipinski definition) is 1. The molecule has 0 aliphatic rings. The van der Waals surface area contributed by atoms with Gasteiger partial charge in [0.2, 0.25) is 0 Å². The Morgan fingerprint density at radius 3 is 2.53 bits per heavy atom. The third-order valence-corrected chi connectivity index (χ3v) is 7.52. The molecule has 0 unspecified atom stereocenters. The molecular formula is C31H21N5. The first-order valence-electron chi connectivity index (χ1n) is 12.1. The molecule has 0 bridgehead atoms. The number of imidazole rings is 1. The summed E-state index contributed by atoms with van der Waals surface area (Å²) in [5.41, 5.74) is 11.0. The van der Waals surface area contributed by atoms with Gasteiger partial charge in [-0.1, -0.05) is 30.3 Å². The number of pyridine rings is 3. The summed E-state index contributed by atoms with van der Waals surface area (Å²) in [4.78, 5) is 17.9. The summed E-state index contributed by atoms with van der Waals surface area (Å²) in [5, 5.41) is 5.85. The Bertz CT molecular complexity index is 2180. The van der Waals surface area contributed by atoms with Gasteiger partial charge in [0.25, 0.3) is 0 Å². The number of aryl methyl sites for hydroxylation is 2. The van der Waals surface area contributed by atoms with Crippen LogP contribution in [-0.4, -0.2) is 24.3 Å². The number of fused-ring (bicyclic) bond motifs is 12. The van der Waals surface area contributed by atoms with Crippen molar-refractivity contribution in [3.8, 4) is 11.1 Å².